The molecule has 0 spiro atoms. The van der Waals surface area contributed by atoms with Crippen molar-refractivity contribution in [2.75, 3.05) is 0 Å². The molecule has 0 saturated carbocycles. The van der Waals surface area contributed by atoms with E-state index >= 15 is 0 Å². The first-order chi connectivity index (χ1) is 5.62. The van der Waals surface area contributed by atoms with Crippen LogP contribution in [0, 0.1) is 0 Å². The van der Waals surface area contributed by atoms with E-state index in [4.69, 9.17) is 9.30 Å². The second-order valence-corrected chi connectivity index (χ2v) is 12.7. The molecule has 0 heterocycles. The van der Waals surface area contributed by atoms with Crippen molar-refractivity contribution in [1.82, 2.24) is 0 Å². The van der Waals surface area contributed by atoms with Gasteiger partial charge in [-0.2, -0.15) is 0 Å². The van der Waals surface area contributed by atoms with Crippen LogP contribution in [0.2, 0.25) is 20.8 Å². The van der Waals surface area contributed by atoms with Crippen LogP contribution in [0.25, 0.3) is 0 Å². The summed E-state index contributed by atoms with van der Waals surface area (Å²) < 4.78 is 11.2. The Kier molecular flexibility index (Phi) is 35.5. The molecule has 0 aliphatic rings. The van der Waals surface area contributed by atoms with E-state index in [0.717, 1.165) is 0 Å². The summed E-state index contributed by atoms with van der Waals surface area (Å²) in [5.41, 5.74) is 0. The van der Waals surface area contributed by atoms with Crippen molar-refractivity contribution in [2.24, 2.45) is 9.30 Å². The monoisotopic (exact) mass is 370 g/mol. The molecule has 92 valence electrons. The maximum absolute atomic E-state index is 5.62. The molecule has 0 unspecified atom stereocenters. The third-order valence-corrected chi connectivity index (χ3v) is 8.44. The Balaban J connectivity index is -0.0000000625. The first-order valence-electron chi connectivity index (χ1n) is 4.61. The summed E-state index contributed by atoms with van der Waals surface area (Å²) in [7, 11) is 0. The minimum atomic E-state index is -0.715. The maximum Gasteiger partial charge on any atom is -0.147 e. The molecule has 0 aliphatic heterocycles. The van der Waals surface area contributed by atoms with Gasteiger partial charge < -0.3 is 0 Å². The van der Waals surface area contributed by atoms with Crippen LogP contribution in [0.1, 0.15) is 27.7 Å². The molecule has 0 aromatic carbocycles. The van der Waals surface area contributed by atoms with Crippen LogP contribution in [0.5, 0.6) is 0 Å². The molecule has 0 fully saturated rings. The Morgan fingerprint density at radius 1 is 0.643 bits per heavy atom. The van der Waals surface area contributed by atoms with Crippen molar-refractivity contribution >= 4 is 54.6 Å². The van der Waals surface area contributed by atoms with E-state index in [2.05, 4.69) is 27.7 Å². The van der Waals surface area contributed by atoms with Crippen LogP contribution in [-0.2, 0) is 0 Å². The van der Waals surface area contributed by atoms with Crippen molar-refractivity contribution in [3.05, 3.63) is 0 Å². The van der Waals surface area contributed by atoms with Crippen LogP contribution in [0.15, 0.2) is 0 Å². The first-order valence-corrected chi connectivity index (χ1v) is 12.1. The topological polar surface area (TPSA) is 52.0 Å². The molecular formula is C8H26As2Cl2N2. The van der Waals surface area contributed by atoms with E-state index in [-0.39, 0.29) is 24.8 Å². The molecule has 6 heteroatoms. The van der Waals surface area contributed by atoms with E-state index in [1.54, 1.807) is 0 Å². The third-order valence-electron chi connectivity index (χ3n) is 1.62. The molecule has 14 heavy (non-hydrogen) atoms. The van der Waals surface area contributed by atoms with E-state index in [0.29, 0.717) is 0 Å². The van der Waals surface area contributed by atoms with Crippen LogP contribution < -0.4 is 9.30 Å². The third kappa shape index (κ3) is 23.4. The zero-order valence-electron chi connectivity index (χ0n) is 9.69. The Labute approximate surface area is 112 Å². The molecule has 4 N–H and O–H groups in total. The van der Waals surface area contributed by atoms with Gasteiger partial charge >= 0.3 is 87.6 Å². The molecule has 0 atom stereocenters. The molecule has 0 aromatic rings. The van der Waals surface area contributed by atoms with Gasteiger partial charge in [0.15, 0.2) is 0 Å². The van der Waals surface area contributed by atoms with Crippen molar-refractivity contribution in [3.63, 3.8) is 0 Å². The molecule has 0 rings (SSSR count). The largest absolute Gasteiger partial charge is 0.147 e. The maximum atomic E-state index is 5.62. The molecule has 0 amide bonds. The zero-order valence-corrected chi connectivity index (χ0v) is 15.1. The zero-order chi connectivity index (χ0) is 9.98. The summed E-state index contributed by atoms with van der Waals surface area (Å²) in [4.78, 5) is 0. The Hall–Kier alpha value is 1.62. The standard InChI is InChI=1S/2C4H12AsN.2ClH/c2*1-3-5(6)4-2;;/h2*3-4,6H2,1-2H3;2*1H. The summed E-state index contributed by atoms with van der Waals surface area (Å²) in [6.45, 7) is 8.68. The molecule has 0 bridgehead atoms. The van der Waals surface area contributed by atoms with Gasteiger partial charge in [0.1, 0.15) is 0 Å². The predicted octanol–water partition coefficient (Wildman–Crippen LogP) is 2.80. The molecule has 0 aliphatic carbocycles. The quantitative estimate of drug-likeness (QED) is 0.747. The number of nitrogens with two attached hydrogens (primary N) is 2. The van der Waals surface area contributed by atoms with Crippen molar-refractivity contribution in [3.8, 4) is 0 Å². The fraction of sp³-hybridized carbons (Fsp3) is 1.00. The fourth-order valence-electron chi connectivity index (χ4n) is 0.447. The Morgan fingerprint density at radius 3 is 0.786 bits per heavy atom. The van der Waals surface area contributed by atoms with Crippen LogP contribution in [-0.4, -0.2) is 29.8 Å². The van der Waals surface area contributed by atoms with Gasteiger partial charge in [0, 0.05) is 0 Å². The van der Waals surface area contributed by atoms with Gasteiger partial charge in [-0.15, -0.1) is 24.8 Å². The van der Waals surface area contributed by atoms with Crippen LogP contribution in [0.3, 0.4) is 0 Å². The van der Waals surface area contributed by atoms with Crippen molar-refractivity contribution in [1.29, 1.82) is 0 Å². The minimum absolute atomic E-state index is 0. The van der Waals surface area contributed by atoms with E-state index in [1.807, 2.05) is 0 Å². The second kappa shape index (κ2) is 20.1. The Morgan fingerprint density at radius 2 is 0.786 bits per heavy atom. The number of rotatable bonds is 4. The van der Waals surface area contributed by atoms with Gasteiger partial charge in [-0.05, 0) is 0 Å². The van der Waals surface area contributed by atoms with Gasteiger partial charge in [-0.1, -0.05) is 0 Å². The molecule has 0 radical (unpaired) electrons. The summed E-state index contributed by atoms with van der Waals surface area (Å²) in [6.07, 6.45) is 0. The van der Waals surface area contributed by atoms with Crippen LogP contribution in [0.4, 0.5) is 0 Å². The van der Waals surface area contributed by atoms with Gasteiger partial charge in [-0.3, -0.25) is 0 Å². The number of hydrogen-bond acceptors (Lipinski definition) is 2. The fourth-order valence-corrected chi connectivity index (χ4v) is 2.32. The normalized spacial score (nSPS) is 8.57. The van der Waals surface area contributed by atoms with Gasteiger partial charge in [0.2, 0.25) is 0 Å². The number of halogens is 2. The van der Waals surface area contributed by atoms with Crippen molar-refractivity contribution in [2.45, 2.75) is 48.5 Å². The van der Waals surface area contributed by atoms with Gasteiger partial charge in [0.05, 0.1) is 0 Å². The minimum Gasteiger partial charge on any atom is -0.147 e. The number of hydrogen-bond donors (Lipinski definition) is 2. The van der Waals surface area contributed by atoms with E-state index in [9.17, 15) is 0 Å². The van der Waals surface area contributed by atoms with E-state index in [1.165, 1.54) is 20.8 Å². The summed E-state index contributed by atoms with van der Waals surface area (Å²) >= 11 is -1.43. The predicted molar refractivity (Wildman–Crippen MR) is 76.3 cm³/mol. The second-order valence-electron chi connectivity index (χ2n) is 2.44. The van der Waals surface area contributed by atoms with Gasteiger partial charge in [0.25, 0.3) is 0 Å². The van der Waals surface area contributed by atoms with Crippen LogP contribution >= 0.6 is 24.8 Å². The van der Waals surface area contributed by atoms with Gasteiger partial charge in [-0.25, -0.2) is 0 Å². The molecule has 0 aromatic heterocycles. The molecule has 0 saturated heterocycles. The van der Waals surface area contributed by atoms with E-state index < -0.39 is 29.8 Å². The summed E-state index contributed by atoms with van der Waals surface area (Å²) in [5, 5.41) is 5.01. The average Bonchev–Trinajstić information content (AvgIpc) is 2.16. The smallest absolute Gasteiger partial charge is 0.147 e. The summed E-state index contributed by atoms with van der Waals surface area (Å²) in [6, 6.07) is 0. The van der Waals surface area contributed by atoms with Crippen molar-refractivity contribution < 1.29 is 0 Å². The Bertz CT molecular complexity index is 71.7. The molecular weight excluding hydrogens is 345 g/mol. The SMILES string of the molecule is CC[As](N)CC.CC[As](N)CC.Cl.Cl. The first kappa shape index (κ1) is 24.7. The summed E-state index contributed by atoms with van der Waals surface area (Å²) in [5.74, 6) is 0. The molecule has 2 nitrogen and oxygen atoms in total. The average molecular weight is 371 g/mol.